The van der Waals surface area contributed by atoms with Crippen LogP contribution in [0.4, 0.5) is 0 Å². The minimum absolute atomic E-state index is 0.167. The van der Waals surface area contributed by atoms with Crippen molar-refractivity contribution in [3.63, 3.8) is 0 Å². The third-order valence-electron chi connectivity index (χ3n) is 5.32. The highest BCUT2D eigenvalue weighted by Crippen LogP contribution is 2.39. The van der Waals surface area contributed by atoms with Crippen molar-refractivity contribution >= 4 is 0 Å². The molecule has 0 radical (unpaired) electrons. The quantitative estimate of drug-likeness (QED) is 0.827. The number of fused-ring (bicyclic) bond motifs is 1. The molecule has 0 amide bonds. The molecule has 2 aromatic rings. The summed E-state index contributed by atoms with van der Waals surface area (Å²) in [6.07, 6.45) is -1.58. The van der Waals surface area contributed by atoms with Crippen LogP contribution in [0.25, 0.3) is 0 Å². The van der Waals surface area contributed by atoms with Crippen molar-refractivity contribution in [1.29, 1.82) is 0 Å². The van der Waals surface area contributed by atoms with Gasteiger partial charge in [-0.15, -0.1) is 0 Å². The molecular weight excluding hydrogens is 356 g/mol. The number of ether oxygens (including phenoxy) is 4. The molecule has 0 bridgehead atoms. The van der Waals surface area contributed by atoms with E-state index in [9.17, 15) is 5.11 Å². The highest BCUT2D eigenvalue weighted by atomic mass is 16.8. The maximum absolute atomic E-state index is 11.0. The maximum atomic E-state index is 11.0. The van der Waals surface area contributed by atoms with Crippen LogP contribution in [0.5, 0.6) is 0 Å². The molecule has 5 heteroatoms. The van der Waals surface area contributed by atoms with E-state index in [1.54, 1.807) is 0 Å². The molecule has 2 fully saturated rings. The van der Waals surface area contributed by atoms with Crippen molar-refractivity contribution in [2.24, 2.45) is 0 Å². The van der Waals surface area contributed by atoms with Crippen LogP contribution < -0.4 is 0 Å². The summed E-state index contributed by atoms with van der Waals surface area (Å²) in [7, 11) is 0. The van der Waals surface area contributed by atoms with Crippen molar-refractivity contribution < 1.29 is 24.1 Å². The van der Waals surface area contributed by atoms with E-state index < -0.39 is 18.0 Å². The number of aliphatic hydroxyl groups excluding tert-OH is 1. The van der Waals surface area contributed by atoms with Crippen molar-refractivity contribution in [3.05, 3.63) is 71.8 Å². The van der Waals surface area contributed by atoms with Gasteiger partial charge >= 0.3 is 0 Å². The molecule has 1 saturated carbocycles. The number of hydrogen-bond acceptors (Lipinski definition) is 5. The minimum atomic E-state index is -0.786. The molecule has 2 aliphatic rings. The van der Waals surface area contributed by atoms with Gasteiger partial charge in [-0.2, -0.15) is 0 Å². The number of aliphatic hydroxyl groups is 1. The first-order chi connectivity index (χ1) is 13.5. The Balaban J connectivity index is 1.46. The lowest BCUT2D eigenvalue weighted by Crippen LogP contribution is -2.56. The van der Waals surface area contributed by atoms with Gasteiger partial charge in [-0.1, -0.05) is 60.7 Å². The first-order valence-electron chi connectivity index (χ1n) is 9.86. The van der Waals surface area contributed by atoms with Crippen LogP contribution in [0.3, 0.4) is 0 Å². The lowest BCUT2D eigenvalue weighted by Gasteiger charge is -2.40. The summed E-state index contributed by atoms with van der Waals surface area (Å²) >= 11 is 0. The number of rotatable bonds is 6. The van der Waals surface area contributed by atoms with Crippen LogP contribution in [0.2, 0.25) is 0 Å². The van der Waals surface area contributed by atoms with E-state index in [1.807, 2.05) is 74.5 Å². The maximum Gasteiger partial charge on any atom is 0.163 e. The van der Waals surface area contributed by atoms with Gasteiger partial charge in [0.25, 0.3) is 0 Å². The molecule has 5 atom stereocenters. The van der Waals surface area contributed by atoms with Gasteiger partial charge in [0, 0.05) is 6.42 Å². The molecule has 1 saturated heterocycles. The zero-order chi connectivity index (χ0) is 19.6. The van der Waals surface area contributed by atoms with E-state index in [4.69, 9.17) is 18.9 Å². The van der Waals surface area contributed by atoms with Crippen LogP contribution in [0.1, 0.15) is 31.4 Å². The van der Waals surface area contributed by atoms with Gasteiger partial charge in [-0.25, -0.2) is 0 Å². The summed E-state index contributed by atoms with van der Waals surface area (Å²) in [5, 5.41) is 11.0. The Bertz CT molecular complexity index is 748. The Morgan fingerprint density at radius 3 is 2.07 bits per heavy atom. The van der Waals surface area contributed by atoms with Gasteiger partial charge in [0.2, 0.25) is 0 Å². The molecule has 150 valence electrons. The molecule has 5 nitrogen and oxygen atoms in total. The highest BCUT2D eigenvalue weighted by Gasteiger charge is 2.54. The van der Waals surface area contributed by atoms with E-state index in [1.165, 1.54) is 0 Å². The first kappa shape index (κ1) is 19.6. The summed E-state index contributed by atoms with van der Waals surface area (Å²) in [6, 6.07) is 19.9. The van der Waals surface area contributed by atoms with Gasteiger partial charge in [0.15, 0.2) is 5.79 Å². The van der Waals surface area contributed by atoms with Crippen molar-refractivity contribution in [1.82, 2.24) is 0 Å². The normalized spacial score (nSPS) is 31.5. The first-order valence-corrected chi connectivity index (χ1v) is 9.86. The second kappa shape index (κ2) is 8.31. The standard InChI is InChI=1S/C23H28O5/c1-23(2)27-19-13-18(25-14-16-9-5-3-6-10-16)20(24)22(21(19)28-23)26-15-17-11-7-4-8-12-17/h3-12,18-22,24H,13-15H2,1-2H3/t18-,19+,20-,21?,22-/m0/s1. The smallest absolute Gasteiger partial charge is 0.163 e. The Morgan fingerprint density at radius 1 is 0.893 bits per heavy atom. The van der Waals surface area contributed by atoms with E-state index >= 15 is 0 Å². The summed E-state index contributed by atoms with van der Waals surface area (Å²) in [5.74, 6) is -0.697. The topological polar surface area (TPSA) is 57.2 Å². The summed E-state index contributed by atoms with van der Waals surface area (Å²) in [6.45, 7) is 4.63. The predicted octanol–water partition coefficient (Wildman–Crippen LogP) is 3.44. The number of benzene rings is 2. The van der Waals surface area contributed by atoms with Crippen LogP contribution in [0.15, 0.2) is 60.7 Å². The SMILES string of the molecule is CC1(C)OC2[C@@H](OCc3ccccc3)[C@@H](O)[C@@H](OCc3ccccc3)C[C@H]2O1. The van der Waals surface area contributed by atoms with Gasteiger partial charge in [-0.3, -0.25) is 0 Å². The molecule has 1 N–H and O–H groups in total. The molecule has 1 heterocycles. The third-order valence-corrected chi connectivity index (χ3v) is 5.32. The van der Waals surface area contributed by atoms with Gasteiger partial charge in [0.05, 0.1) is 25.4 Å². The molecule has 1 unspecified atom stereocenters. The summed E-state index contributed by atoms with van der Waals surface area (Å²) in [4.78, 5) is 0. The second-order valence-electron chi connectivity index (χ2n) is 7.96. The molecular formula is C23H28O5. The fourth-order valence-electron chi connectivity index (χ4n) is 4.00. The third kappa shape index (κ3) is 4.45. The molecule has 4 rings (SSSR count). The lowest BCUT2D eigenvalue weighted by molar-refractivity contribution is -0.194. The molecule has 0 spiro atoms. The average Bonchev–Trinajstić information content (AvgIpc) is 3.01. The van der Waals surface area contributed by atoms with E-state index in [0.717, 1.165) is 11.1 Å². The molecule has 28 heavy (non-hydrogen) atoms. The Labute approximate surface area is 166 Å². The van der Waals surface area contributed by atoms with Crippen molar-refractivity contribution in [2.75, 3.05) is 0 Å². The van der Waals surface area contributed by atoms with Gasteiger partial charge in [0.1, 0.15) is 18.3 Å². The fraction of sp³-hybridized carbons (Fsp3) is 0.478. The highest BCUT2D eigenvalue weighted by molar-refractivity contribution is 5.14. The van der Waals surface area contributed by atoms with E-state index in [0.29, 0.717) is 19.6 Å². The van der Waals surface area contributed by atoms with Crippen LogP contribution in [0, 0.1) is 0 Å². The Hall–Kier alpha value is -1.76. The van der Waals surface area contributed by atoms with Crippen molar-refractivity contribution in [2.45, 2.75) is 69.8 Å². The molecule has 2 aromatic carbocycles. The van der Waals surface area contributed by atoms with Crippen molar-refractivity contribution in [3.8, 4) is 0 Å². The largest absolute Gasteiger partial charge is 0.388 e. The fourth-order valence-corrected chi connectivity index (χ4v) is 4.00. The lowest BCUT2D eigenvalue weighted by atomic mass is 9.87. The number of hydrogen-bond donors (Lipinski definition) is 1. The second-order valence-corrected chi connectivity index (χ2v) is 7.96. The molecule has 1 aliphatic carbocycles. The zero-order valence-electron chi connectivity index (χ0n) is 16.4. The molecule has 1 aliphatic heterocycles. The van der Waals surface area contributed by atoms with Gasteiger partial charge < -0.3 is 24.1 Å². The minimum Gasteiger partial charge on any atom is -0.388 e. The summed E-state index contributed by atoms with van der Waals surface area (Å²) in [5.41, 5.74) is 2.12. The predicted molar refractivity (Wildman–Crippen MR) is 104 cm³/mol. The average molecular weight is 384 g/mol. The Morgan fingerprint density at radius 2 is 1.46 bits per heavy atom. The zero-order valence-corrected chi connectivity index (χ0v) is 16.4. The van der Waals surface area contributed by atoms with E-state index in [2.05, 4.69) is 0 Å². The molecule has 0 aromatic heterocycles. The van der Waals surface area contributed by atoms with Crippen LogP contribution in [-0.4, -0.2) is 41.4 Å². The monoisotopic (exact) mass is 384 g/mol. The van der Waals surface area contributed by atoms with E-state index in [-0.39, 0.29) is 18.3 Å². The van der Waals surface area contributed by atoms with Crippen LogP contribution in [-0.2, 0) is 32.2 Å². The van der Waals surface area contributed by atoms with Crippen LogP contribution >= 0.6 is 0 Å². The Kier molecular flexibility index (Phi) is 5.80. The van der Waals surface area contributed by atoms with Gasteiger partial charge in [-0.05, 0) is 25.0 Å². The summed E-state index contributed by atoms with van der Waals surface area (Å²) < 4.78 is 24.4.